The zero-order chi connectivity index (χ0) is 14.4. The minimum absolute atomic E-state index is 0.0171. The van der Waals surface area contributed by atoms with Crippen molar-refractivity contribution in [2.24, 2.45) is 5.41 Å². The van der Waals surface area contributed by atoms with E-state index in [0.717, 1.165) is 31.2 Å². The monoisotopic (exact) mass is 275 g/mol. The zero-order valence-electron chi connectivity index (χ0n) is 12.3. The van der Waals surface area contributed by atoms with E-state index in [9.17, 15) is 9.90 Å². The van der Waals surface area contributed by atoms with Crippen molar-refractivity contribution in [2.45, 2.75) is 51.5 Å². The highest BCUT2D eigenvalue weighted by Gasteiger charge is 2.35. The molecule has 0 bridgehead atoms. The van der Waals surface area contributed by atoms with E-state index in [0.29, 0.717) is 6.42 Å². The molecule has 0 saturated heterocycles. The quantitative estimate of drug-likeness (QED) is 0.868. The lowest BCUT2D eigenvalue weighted by molar-refractivity contribution is -0.133. The molecule has 0 aliphatic heterocycles. The van der Waals surface area contributed by atoms with Crippen LogP contribution in [0.4, 0.5) is 0 Å². The molecular formula is C17H25NO2. The van der Waals surface area contributed by atoms with E-state index in [2.05, 4.69) is 12.2 Å². The lowest BCUT2D eigenvalue weighted by Crippen LogP contribution is -2.47. The molecule has 0 spiro atoms. The van der Waals surface area contributed by atoms with E-state index in [4.69, 9.17) is 0 Å². The summed E-state index contributed by atoms with van der Waals surface area (Å²) in [7, 11) is 0. The topological polar surface area (TPSA) is 49.3 Å². The minimum Gasteiger partial charge on any atom is -0.394 e. The molecule has 2 rings (SSSR count). The third-order valence-electron chi connectivity index (χ3n) is 4.39. The van der Waals surface area contributed by atoms with Crippen molar-refractivity contribution in [3.05, 3.63) is 35.9 Å². The number of aliphatic hydroxyl groups excluding tert-OH is 1. The Morgan fingerprint density at radius 3 is 2.50 bits per heavy atom. The van der Waals surface area contributed by atoms with E-state index < -0.39 is 0 Å². The molecular weight excluding hydrogens is 250 g/mol. The van der Waals surface area contributed by atoms with Crippen LogP contribution in [-0.4, -0.2) is 23.7 Å². The van der Waals surface area contributed by atoms with Gasteiger partial charge in [0.25, 0.3) is 0 Å². The summed E-state index contributed by atoms with van der Waals surface area (Å²) in [6, 6.07) is 9.79. The Kier molecular flexibility index (Phi) is 5.18. The lowest BCUT2D eigenvalue weighted by Gasteiger charge is -2.33. The summed E-state index contributed by atoms with van der Waals surface area (Å²) < 4.78 is 0. The first-order valence-corrected chi connectivity index (χ1v) is 7.60. The van der Waals surface area contributed by atoms with Crippen LogP contribution in [-0.2, 0) is 11.2 Å². The first kappa shape index (κ1) is 15.0. The second kappa shape index (κ2) is 6.89. The van der Waals surface area contributed by atoms with Crippen LogP contribution < -0.4 is 5.32 Å². The molecule has 2 N–H and O–H groups in total. The third kappa shape index (κ3) is 3.83. The van der Waals surface area contributed by atoms with Gasteiger partial charge in [-0.05, 0) is 24.8 Å². The Labute approximate surface area is 121 Å². The van der Waals surface area contributed by atoms with E-state index in [1.54, 1.807) is 0 Å². The Morgan fingerprint density at radius 1 is 1.25 bits per heavy atom. The number of carbonyl (C=O) groups is 1. The van der Waals surface area contributed by atoms with Gasteiger partial charge in [-0.2, -0.15) is 0 Å². The summed E-state index contributed by atoms with van der Waals surface area (Å²) in [5.74, 6) is 0.104. The molecule has 20 heavy (non-hydrogen) atoms. The highest BCUT2D eigenvalue weighted by atomic mass is 16.3. The maximum absolute atomic E-state index is 12.5. The molecule has 1 saturated carbocycles. The summed E-state index contributed by atoms with van der Waals surface area (Å²) in [5, 5.41) is 12.5. The molecule has 0 radical (unpaired) electrons. The molecule has 110 valence electrons. The number of carbonyl (C=O) groups excluding carboxylic acids is 1. The van der Waals surface area contributed by atoms with E-state index in [1.807, 2.05) is 30.3 Å². The number of rotatable bonds is 5. The third-order valence-corrected chi connectivity index (χ3v) is 4.39. The molecule has 1 aliphatic rings. The molecule has 0 heterocycles. The Hall–Kier alpha value is -1.35. The molecule has 1 amide bonds. The molecule has 1 atom stereocenters. The van der Waals surface area contributed by atoms with Crippen molar-refractivity contribution in [3.8, 4) is 0 Å². The minimum atomic E-state index is -0.248. The summed E-state index contributed by atoms with van der Waals surface area (Å²) in [6.45, 7) is 2.04. The van der Waals surface area contributed by atoms with E-state index in [-0.39, 0.29) is 24.0 Å². The molecule has 0 aromatic heterocycles. The van der Waals surface area contributed by atoms with Crippen molar-refractivity contribution < 1.29 is 9.90 Å². The van der Waals surface area contributed by atoms with Crippen LogP contribution in [0.3, 0.4) is 0 Å². The van der Waals surface area contributed by atoms with Crippen LogP contribution in [0.15, 0.2) is 30.3 Å². The lowest BCUT2D eigenvalue weighted by atomic mass is 9.75. The van der Waals surface area contributed by atoms with Crippen LogP contribution in [0, 0.1) is 5.41 Å². The number of hydrogen-bond donors (Lipinski definition) is 2. The predicted octanol–water partition coefficient (Wildman–Crippen LogP) is 2.68. The van der Waals surface area contributed by atoms with Gasteiger partial charge in [-0.25, -0.2) is 0 Å². The first-order valence-electron chi connectivity index (χ1n) is 7.60. The Bertz CT molecular complexity index is 424. The first-order chi connectivity index (χ1) is 9.64. The SMILES string of the molecule is CC1(C(=O)NC(CO)Cc2ccccc2)CCCCC1. The summed E-state index contributed by atoms with van der Waals surface area (Å²) >= 11 is 0. The number of hydrogen-bond acceptors (Lipinski definition) is 2. The molecule has 3 heteroatoms. The number of amides is 1. The van der Waals surface area contributed by atoms with Gasteiger partial charge in [-0.15, -0.1) is 0 Å². The van der Waals surface area contributed by atoms with Crippen LogP contribution in [0.25, 0.3) is 0 Å². The number of benzene rings is 1. The fourth-order valence-corrected chi connectivity index (χ4v) is 2.98. The largest absolute Gasteiger partial charge is 0.394 e. The second-order valence-corrected chi connectivity index (χ2v) is 6.16. The van der Waals surface area contributed by atoms with Gasteiger partial charge >= 0.3 is 0 Å². The average Bonchev–Trinajstić information content (AvgIpc) is 2.48. The standard InChI is InChI=1S/C17H25NO2/c1-17(10-6-3-7-11-17)16(20)18-15(13-19)12-14-8-4-2-5-9-14/h2,4-5,8-9,15,19H,3,6-7,10-13H2,1H3,(H,18,20). The average molecular weight is 275 g/mol. The molecule has 1 aromatic carbocycles. The zero-order valence-corrected chi connectivity index (χ0v) is 12.3. The molecule has 1 aromatic rings. The summed E-state index contributed by atoms with van der Waals surface area (Å²) in [6.07, 6.45) is 6.10. The highest BCUT2D eigenvalue weighted by Crippen LogP contribution is 2.35. The van der Waals surface area contributed by atoms with Crippen molar-refractivity contribution in [1.82, 2.24) is 5.32 Å². The van der Waals surface area contributed by atoms with Crippen LogP contribution in [0.2, 0.25) is 0 Å². The highest BCUT2D eigenvalue weighted by molar-refractivity contribution is 5.82. The maximum atomic E-state index is 12.5. The van der Waals surface area contributed by atoms with Gasteiger partial charge in [0.2, 0.25) is 5.91 Å². The van der Waals surface area contributed by atoms with Crippen molar-refractivity contribution >= 4 is 5.91 Å². The molecule has 3 nitrogen and oxygen atoms in total. The molecule has 1 unspecified atom stereocenters. The smallest absolute Gasteiger partial charge is 0.226 e. The van der Waals surface area contributed by atoms with Crippen molar-refractivity contribution in [2.75, 3.05) is 6.61 Å². The Morgan fingerprint density at radius 2 is 1.90 bits per heavy atom. The van der Waals surface area contributed by atoms with Gasteiger partial charge in [0, 0.05) is 5.41 Å². The number of nitrogens with one attached hydrogen (secondary N) is 1. The van der Waals surface area contributed by atoms with Gasteiger partial charge < -0.3 is 10.4 Å². The van der Waals surface area contributed by atoms with Gasteiger partial charge in [0.05, 0.1) is 12.6 Å². The maximum Gasteiger partial charge on any atom is 0.226 e. The second-order valence-electron chi connectivity index (χ2n) is 6.16. The van der Waals surface area contributed by atoms with E-state index in [1.165, 1.54) is 6.42 Å². The number of aliphatic hydroxyl groups is 1. The van der Waals surface area contributed by atoms with E-state index >= 15 is 0 Å². The van der Waals surface area contributed by atoms with Crippen LogP contribution in [0.1, 0.15) is 44.6 Å². The molecule has 1 aliphatic carbocycles. The van der Waals surface area contributed by atoms with Crippen LogP contribution in [0.5, 0.6) is 0 Å². The Balaban J connectivity index is 1.94. The van der Waals surface area contributed by atoms with Crippen molar-refractivity contribution in [1.29, 1.82) is 0 Å². The predicted molar refractivity (Wildman–Crippen MR) is 80.4 cm³/mol. The normalized spacial score (nSPS) is 19.3. The molecule has 1 fully saturated rings. The van der Waals surface area contributed by atoms with Gasteiger partial charge in [-0.1, -0.05) is 56.5 Å². The van der Waals surface area contributed by atoms with Gasteiger partial charge in [0.1, 0.15) is 0 Å². The van der Waals surface area contributed by atoms with Crippen LogP contribution >= 0.6 is 0 Å². The van der Waals surface area contributed by atoms with Gasteiger partial charge in [-0.3, -0.25) is 4.79 Å². The van der Waals surface area contributed by atoms with Crippen molar-refractivity contribution in [3.63, 3.8) is 0 Å². The summed E-state index contributed by atoms with van der Waals surface area (Å²) in [4.78, 5) is 12.5. The fraction of sp³-hybridized carbons (Fsp3) is 0.588. The fourth-order valence-electron chi connectivity index (χ4n) is 2.98. The van der Waals surface area contributed by atoms with Gasteiger partial charge in [0.15, 0.2) is 0 Å². The summed E-state index contributed by atoms with van der Waals surface area (Å²) in [5.41, 5.74) is 0.892.